The molecule has 0 spiro atoms. The van der Waals surface area contributed by atoms with Crippen molar-refractivity contribution in [3.05, 3.63) is 0 Å². The van der Waals surface area contributed by atoms with Crippen molar-refractivity contribution in [1.29, 1.82) is 0 Å². The fraction of sp³-hybridized carbons (Fsp3) is 1.00. The fourth-order valence-electron chi connectivity index (χ4n) is 1.42. The van der Waals surface area contributed by atoms with Gasteiger partial charge in [-0.2, -0.15) is 0 Å². The van der Waals surface area contributed by atoms with Gasteiger partial charge in [0, 0.05) is 5.54 Å². The Bertz CT molecular complexity index is 106. The third-order valence-electron chi connectivity index (χ3n) is 2.35. The van der Waals surface area contributed by atoms with Crippen LogP contribution in [0.1, 0.15) is 26.7 Å². The first kappa shape index (κ1) is 8.02. The monoisotopic (exact) mass is 143 g/mol. The molecule has 0 unspecified atom stereocenters. The summed E-state index contributed by atoms with van der Waals surface area (Å²) in [5.41, 5.74) is 0.0104. The molecule has 0 amide bonds. The maximum Gasteiger partial charge on any atom is 0.0610 e. The Labute approximate surface area is 62.8 Å². The lowest BCUT2D eigenvalue weighted by Gasteiger charge is -2.33. The fourth-order valence-corrected chi connectivity index (χ4v) is 1.42. The number of aliphatic hydroxyl groups is 1. The van der Waals surface area contributed by atoms with E-state index < -0.39 is 0 Å². The molecule has 2 nitrogen and oxygen atoms in total. The van der Waals surface area contributed by atoms with Gasteiger partial charge in [-0.15, -0.1) is 0 Å². The van der Waals surface area contributed by atoms with Crippen LogP contribution in [0.25, 0.3) is 0 Å². The number of hydrogen-bond acceptors (Lipinski definition) is 2. The van der Waals surface area contributed by atoms with Gasteiger partial charge in [-0.05, 0) is 39.8 Å². The summed E-state index contributed by atoms with van der Waals surface area (Å²) in [6.07, 6.45) is 2.59. The van der Waals surface area contributed by atoms with E-state index in [1.165, 1.54) is 12.8 Å². The lowest BCUT2D eigenvalue weighted by Crippen LogP contribution is -2.44. The molecule has 1 aliphatic heterocycles. The predicted octanol–water partition coefficient (Wildman–Crippen LogP) is 0.853. The molecule has 0 aromatic heterocycles. The third-order valence-corrected chi connectivity index (χ3v) is 2.35. The first-order valence-electron chi connectivity index (χ1n) is 4.03. The second kappa shape index (κ2) is 2.89. The zero-order valence-corrected chi connectivity index (χ0v) is 6.93. The molecule has 0 radical (unpaired) electrons. The summed E-state index contributed by atoms with van der Waals surface area (Å²) in [6, 6.07) is 0. The Hall–Kier alpha value is -0.0800. The van der Waals surface area contributed by atoms with Crippen molar-refractivity contribution in [2.24, 2.45) is 0 Å². The van der Waals surface area contributed by atoms with Crippen molar-refractivity contribution in [2.75, 3.05) is 19.7 Å². The van der Waals surface area contributed by atoms with Gasteiger partial charge in [-0.25, -0.2) is 0 Å². The van der Waals surface area contributed by atoms with E-state index in [9.17, 15) is 0 Å². The highest BCUT2D eigenvalue weighted by Gasteiger charge is 2.27. The van der Waals surface area contributed by atoms with Crippen LogP contribution in [0.4, 0.5) is 0 Å². The Morgan fingerprint density at radius 1 is 1.30 bits per heavy atom. The van der Waals surface area contributed by atoms with Gasteiger partial charge in [0.1, 0.15) is 0 Å². The Morgan fingerprint density at radius 2 is 1.80 bits per heavy atom. The summed E-state index contributed by atoms with van der Waals surface area (Å²) < 4.78 is 0. The quantitative estimate of drug-likeness (QED) is 0.619. The van der Waals surface area contributed by atoms with Crippen molar-refractivity contribution in [2.45, 2.75) is 32.2 Å². The molecule has 0 bridgehead atoms. The van der Waals surface area contributed by atoms with E-state index in [2.05, 4.69) is 18.7 Å². The van der Waals surface area contributed by atoms with Gasteiger partial charge in [0.25, 0.3) is 0 Å². The van der Waals surface area contributed by atoms with Crippen LogP contribution in [-0.4, -0.2) is 35.2 Å². The SMILES string of the molecule is CC(C)(CO)N1CCCC1. The molecule has 0 aromatic rings. The van der Waals surface area contributed by atoms with E-state index in [0.717, 1.165) is 13.1 Å². The predicted molar refractivity (Wildman–Crippen MR) is 42.0 cm³/mol. The maximum atomic E-state index is 9.01. The van der Waals surface area contributed by atoms with Crippen LogP contribution in [-0.2, 0) is 0 Å². The van der Waals surface area contributed by atoms with Crippen LogP contribution < -0.4 is 0 Å². The molecular weight excluding hydrogens is 126 g/mol. The topological polar surface area (TPSA) is 23.5 Å². The molecule has 2 heteroatoms. The summed E-state index contributed by atoms with van der Waals surface area (Å²) in [5, 5.41) is 9.01. The minimum atomic E-state index is 0.0104. The molecule has 10 heavy (non-hydrogen) atoms. The molecular formula is C8H17NO. The lowest BCUT2D eigenvalue weighted by molar-refractivity contribution is 0.0776. The van der Waals surface area contributed by atoms with Crippen LogP contribution in [0.3, 0.4) is 0 Å². The Balaban J connectivity index is 2.45. The second-order valence-electron chi connectivity index (χ2n) is 3.66. The van der Waals surface area contributed by atoms with Crippen molar-refractivity contribution < 1.29 is 5.11 Å². The molecule has 1 rings (SSSR count). The van der Waals surface area contributed by atoms with Gasteiger partial charge in [-0.1, -0.05) is 0 Å². The number of nitrogens with zero attached hydrogens (tertiary/aromatic N) is 1. The standard InChI is InChI=1S/C8H17NO/c1-8(2,7-10)9-5-3-4-6-9/h10H,3-7H2,1-2H3. The smallest absolute Gasteiger partial charge is 0.0610 e. The molecule has 1 aliphatic rings. The van der Waals surface area contributed by atoms with Gasteiger partial charge >= 0.3 is 0 Å². The van der Waals surface area contributed by atoms with Crippen molar-refractivity contribution in [3.63, 3.8) is 0 Å². The van der Waals surface area contributed by atoms with Gasteiger partial charge in [0.2, 0.25) is 0 Å². The van der Waals surface area contributed by atoms with E-state index in [4.69, 9.17) is 5.11 Å². The Kier molecular flexibility index (Phi) is 2.32. The molecule has 60 valence electrons. The number of hydrogen-bond donors (Lipinski definition) is 1. The van der Waals surface area contributed by atoms with E-state index >= 15 is 0 Å². The first-order chi connectivity index (χ1) is 4.67. The van der Waals surface area contributed by atoms with Gasteiger partial charge in [0.15, 0.2) is 0 Å². The van der Waals surface area contributed by atoms with Crippen LogP contribution >= 0.6 is 0 Å². The number of likely N-dealkylation sites (tertiary alicyclic amines) is 1. The highest BCUT2D eigenvalue weighted by Crippen LogP contribution is 2.19. The summed E-state index contributed by atoms with van der Waals surface area (Å²) in [7, 11) is 0. The number of aliphatic hydroxyl groups excluding tert-OH is 1. The molecule has 0 aliphatic carbocycles. The van der Waals surface area contributed by atoms with Crippen molar-refractivity contribution in [1.82, 2.24) is 4.90 Å². The molecule has 0 atom stereocenters. The van der Waals surface area contributed by atoms with Crippen LogP contribution in [0.5, 0.6) is 0 Å². The molecule has 1 fully saturated rings. The summed E-state index contributed by atoms with van der Waals surface area (Å²) in [6.45, 7) is 6.78. The van der Waals surface area contributed by atoms with Gasteiger partial charge in [-0.3, -0.25) is 4.90 Å². The molecule has 1 saturated heterocycles. The molecule has 1 N–H and O–H groups in total. The number of rotatable bonds is 2. The van der Waals surface area contributed by atoms with Crippen LogP contribution in [0.2, 0.25) is 0 Å². The Morgan fingerprint density at radius 3 is 2.20 bits per heavy atom. The third kappa shape index (κ3) is 1.50. The van der Waals surface area contributed by atoms with Crippen LogP contribution in [0.15, 0.2) is 0 Å². The molecule has 0 aromatic carbocycles. The normalized spacial score (nSPS) is 21.9. The molecule has 0 saturated carbocycles. The van der Waals surface area contributed by atoms with E-state index in [-0.39, 0.29) is 12.1 Å². The minimum Gasteiger partial charge on any atom is -0.394 e. The summed E-state index contributed by atoms with van der Waals surface area (Å²) in [5.74, 6) is 0. The van der Waals surface area contributed by atoms with Crippen LogP contribution in [0, 0.1) is 0 Å². The lowest BCUT2D eigenvalue weighted by atomic mass is 10.1. The van der Waals surface area contributed by atoms with Crippen molar-refractivity contribution >= 4 is 0 Å². The zero-order chi connectivity index (χ0) is 7.61. The van der Waals surface area contributed by atoms with E-state index in [1.807, 2.05) is 0 Å². The summed E-state index contributed by atoms with van der Waals surface area (Å²) in [4.78, 5) is 2.35. The second-order valence-corrected chi connectivity index (χ2v) is 3.66. The highest BCUT2D eigenvalue weighted by atomic mass is 16.3. The summed E-state index contributed by atoms with van der Waals surface area (Å²) >= 11 is 0. The molecule has 1 heterocycles. The van der Waals surface area contributed by atoms with E-state index in [1.54, 1.807) is 0 Å². The first-order valence-corrected chi connectivity index (χ1v) is 4.03. The highest BCUT2D eigenvalue weighted by molar-refractivity contribution is 4.83. The average Bonchev–Trinajstić information content (AvgIpc) is 2.38. The van der Waals surface area contributed by atoms with Gasteiger partial charge < -0.3 is 5.11 Å². The zero-order valence-electron chi connectivity index (χ0n) is 6.93. The minimum absolute atomic E-state index is 0.0104. The largest absolute Gasteiger partial charge is 0.394 e. The van der Waals surface area contributed by atoms with Crippen molar-refractivity contribution in [3.8, 4) is 0 Å². The van der Waals surface area contributed by atoms with Gasteiger partial charge in [0.05, 0.1) is 6.61 Å². The maximum absolute atomic E-state index is 9.01. The van der Waals surface area contributed by atoms with E-state index in [0.29, 0.717) is 0 Å². The average molecular weight is 143 g/mol.